The van der Waals surface area contributed by atoms with Crippen LogP contribution in [0, 0.1) is 23.2 Å². The molecule has 4 heterocycles. The highest BCUT2D eigenvalue weighted by atomic mass is 16.8. The average molecular weight is 582 g/mol. The van der Waals surface area contributed by atoms with E-state index in [1.165, 1.54) is 0 Å². The lowest BCUT2D eigenvalue weighted by Crippen LogP contribution is -2.69. The molecular formula is C31H55N3O7. The van der Waals surface area contributed by atoms with Crippen LogP contribution in [0.2, 0.25) is 0 Å². The second-order valence-corrected chi connectivity index (χ2v) is 13.9. The fourth-order valence-electron chi connectivity index (χ4n) is 7.52. The Bertz CT molecular complexity index is 925. The number of cyclic esters (lactones) is 1. The lowest BCUT2D eigenvalue weighted by Gasteiger charge is -2.55. The largest absolute Gasteiger partial charge is 0.463 e. The van der Waals surface area contributed by atoms with Crippen molar-refractivity contribution in [1.29, 1.82) is 0 Å². The van der Waals surface area contributed by atoms with Crippen molar-refractivity contribution in [3.63, 3.8) is 0 Å². The van der Waals surface area contributed by atoms with E-state index in [9.17, 15) is 9.59 Å². The highest BCUT2D eigenvalue weighted by Crippen LogP contribution is 2.45. The van der Waals surface area contributed by atoms with Crippen LogP contribution in [0.3, 0.4) is 0 Å². The Kier molecular flexibility index (Phi) is 10.3. The zero-order chi connectivity index (χ0) is 30.3. The van der Waals surface area contributed by atoms with Gasteiger partial charge >= 0.3 is 5.97 Å². The molecule has 41 heavy (non-hydrogen) atoms. The number of likely N-dealkylation sites (N-methyl/N-ethyl adjacent to an activating group) is 2. The van der Waals surface area contributed by atoms with E-state index in [-0.39, 0.29) is 42.6 Å². The van der Waals surface area contributed by atoms with E-state index in [1.54, 1.807) is 21.0 Å². The maximum atomic E-state index is 14.1. The first-order valence-corrected chi connectivity index (χ1v) is 15.6. The first-order valence-electron chi connectivity index (χ1n) is 15.6. The van der Waals surface area contributed by atoms with Gasteiger partial charge in [0.1, 0.15) is 24.2 Å². The summed E-state index contributed by atoms with van der Waals surface area (Å²) in [5, 5.41) is 0. The maximum Gasteiger partial charge on any atom is 0.319 e. The van der Waals surface area contributed by atoms with Crippen LogP contribution < -0.4 is 0 Å². The van der Waals surface area contributed by atoms with Gasteiger partial charge in [-0.2, -0.15) is 0 Å². The summed E-state index contributed by atoms with van der Waals surface area (Å²) >= 11 is 0. The van der Waals surface area contributed by atoms with Gasteiger partial charge < -0.3 is 33.5 Å². The van der Waals surface area contributed by atoms with Crippen molar-refractivity contribution in [2.75, 3.05) is 61.0 Å². The van der Waals surface area contributed by atoms with Gasteiger partial charge in [-0.3, -0.25) is 14.5 Å². The third kappa shape index (κ3) is 6.54. The molecule has 0 N–H and O–H groups in total. The second-order valence-electron chi connectivity index (χ2n) is 13.9. The Balaban J connectivity index is 1.68. The predicted molar refractivity (Wildman–Crippen MR) is 155 cm³/mol. The molecule has 0 aromatic heterocycles. The van der Waals surface area contributed by atoms with Gasteiger partial charge in [0, 0.05) is 57.1 Å². The van der Waals surface area contributed by atoms with Crippen molar-refractivity contribution in [2.45, 2.75) is 103 Å². The monoisotopic (exact) mass is 581 g/mol. The van der Waals surface area contributed by atoms with Crippen LogP contribution in [-0.4, -0.2) is 130 Å². The summed E-state index contributed by atoms with van der Waals surface area (Å²) < 4.78 is 32.1. The maximum absolute atomic E-state index is 14.1. The molecule has 4 rings (SSSR count). The summed E-state index contributed by atoms with van der Waals surface area (Å²) in [4.78, 5) is 34.5. The van der Waals surface area contributed by atoms with Gasteiger partial charge in [-0.1, -0.05) is 20.8 Å². The highest BCUT2D eigenvalue weighted by Gasteiger charge is 2.59. The van der Waals surface area contributed by atoms with Crippen LogP contribution >= 0.6 is 0 Å². The molecule has 0 aromatic rings. The number of carbonyl (C=O) groups excluding carboxylic acids is 2. The van der Waals surface area contributed by atoms with Crippen molar-refractivity contribution >= 4 is 11.8 Å². The SMILES string of the molecule is CCCN1CC(C2COC(=O)C(C)(C)C(=O)[C@H](C)[C@H]3O[C@@H]4O[C@H](C)C[C@H](N(C)C)[C@H]4O[C@@]3(OC)C[C@@H](C)CN2C)C1. The molecule has 1 unspecified atom stereocenters. The summed E-state index contributed by atoms with van der Waals surface area (Å²) in [5.74, 6) is -2.10. The lowest BCUT2D eigenvalue weighted by atomic mass is 9.76. The van der Waals surface area contributed by atoms with Gasteiger partial charge in [0.15, 0.2) is 17.9 Å². The summed E-state index contributed by atoms with van der Waals surface area (Å²) in [6, 6.07) is 0.123. The second kappa shape index (κ2) is 12.8. The summed E-state index contributed by atoms with van der Waals surface area (Å²) in [6.45, 7) is 15.6. The Morgan fingerprint density at radius 1 is 1.07 bits per heavy atom. The number of Topliss-reactive ketones (excluding diaryl/α,β-unsaturated/α-hetero) is 1. The lowest BCUT2D eigenvalue weighted by molar-refractivity contribution is -0.424. The molecule has 0 saturated carbocycles. The van der Waals surface area contributed by atoms with E-state index in [0.29, 0.717) is 12.3 Å². The van der Waals surface area contributed by atoms with Crippen LogP contribution in [0.1, 0.15) is 60.8 Å². The molecular weight excluding hydrogens is 526 g/mol. The van der Waals surface area contributed by atoms with Crippen molar-refractivity contribution in [3.05, 3.63) is 0 Å². The summed E-state index contributed by atoms with van der Waals surface area (Å²) in [6.07, 6.45) is 0.628. The van der Waals surface area contributed by atoms with Gasteiger partial charge in [-0.15, -0.1) is 0 Å². The zero-order valence-electron chi connectivity index (χ0n) is 27.1. The average Bonchev–Trinajstić information content (AvgIpc) is 2.89. The number of carbonyl (C=O) groups is 2. The molecule has 4 aliphatic rings. The van der Waals surface area contributed by atoms with Crippen molar-refractivity contribution < 1.29 is 33.3 Å². The van der Waals surface area contributed by atoms with Crippen molar-refractivity contribution in [2.24, 2.45) is 23.2 Å². The number of rotatable bonds is 5. The molecule has 0 amide bonds. The normalized spacial score (nSPS) is 41.8. The molecule has 0 bridgehead atoms. The smallest absolute Gasteiger partial charge is 0.319 e. The zero-order valence-corrected chi connectivity index (χ0v) is 27.1. The number of nitrogens with zero attached hydrogens (tertiary/aromatic N) is 3. The molecule has 0 spiro atoms. The minimum atomic E-state index is -1.36. The van der Waals surface area contributed by atoms with Crippen LogP contribution in [0.25, 0.3) is 0 Å². The minimum Gasteiger partial charge on any atom is -0.463 e. The number of hydrogen-bond donors (Lipinski definition) is 0. The van der Waals surface area contributed by atoms with Gasteiger partial charge in [0.05, 0.1) is 6.10 Å². The van der Waals surface area contributed by atoms with Crippen LogP contribution in [-0.2, 0) is 33.3 Å². The topological polar surface area (TPSA) is 90.0 Å². The quantitative estimate of drug-likeness (QED) is 0.357. The Morgan fingerprint density at radius 3 is 2.37 bits per heavy atom. The van der Waals surface area contributed by atoms with Crippen molar-refractivity contribution in [1.82, 2.24) is 14.7 Å². The number of likely N-dealkylation sites (tertiary alicyclic amines) is 1. The van der Waals surface area contributed by atoms with Crippen LogP contribution in [0.5, 0.6) is 0 Å². The van der Waals surface area contributed by atoms with Crippen molar-refractivity contribution in [3.8, 4) is 0 Å². The molecule has 10 heteroatoms. The third-order valence-electron chi connectivity index (χ3n) is 9.89. The van der Waals surface area contributed by atoms with E-state index in [4.69, 9.17) is 23.7 Å². The van der Waals surface area contributed by atoms with Crippen LogP contribution in [0.4, 0.5) is 0 Å². The number of ether oxygens (including phenoxy) is 5. The Labute approximate surface area is 247 Å². The highest BCUT2D eigenvalue weighted by molar-refractivity contribution is 6.04. The third-order valence-corrected chi connectivity index (χ3v) is 9.89. The first-order chi connectivity index (χ1) is 19.2. The molecule has 4 fully saturated rings. The molecule has 4 aliphatic heterocycles. The van der Waals surface area contributed by atoms with E-state index >= 15 is 0 Å². The number of esters is 1. The molecule has 236 valence electrons. The van der Waals surface area contributed by atoms with E-state index in [0.717, 1.165) is 39.0 Å². The van der Waals surface area contributed by atoms with Gasteiger partial charge in [0.25, 0.3) is 0 Å². The summed E-state index contributed by atoms with van der Waals surface area (Å²) in [7, 11) is 7.83. The van der Waals surface area contributed by atoms with Crippen LogP contribution in [0.15, 0.2) is 0 Å². The summed E-state index contributed by atoms with van der Waals surface area (Å²) in [5.41, 5.74) is -1.36. The molecule has 0 aromatic carbocycles. The molecule has 0 aliphatic carbocycles. The number of fused-ring (bicyclic) bond motifs is 2. The fraction of sp³-hybridized carbons (Fsp3) is 0.935. The number of ketones is 1. The Hall–Kier alpha value is -1.14. The first kappa shape index (κ1) is 32.8. The van der Waals surface area contributed by atoms with Gasteiger partial charge in [-0.05, 0) is 67.2 Å². The number of methoxy groups -OCH3 is 1. The molecule has 10 nitrogen and oxygen atoms in total. The minimum absolute atomic E-state index is 0.0289. The van der Waals surface area contributed by atoms with Gasteiger partial charge in [-0.25, -0.2) is 0 Å². The standard InChI is InChI=1S/C31H55N3O7/c1-11-12-34-16-22(17-34)24-18-38-29(36)30(5,6)26(35)21(4)27-31(37-10,14-19(2)15-33(24)9)41-25-23(32(7)8)13-20(3)39-28(25)40-27/h19-25,27-28H,11-18H2,1-10H3/t19-,20-,21+,23+,24?,25-,27-,28+,31+/m1/s1. The predicted octanol–water partition coefficient (Wildman–Crippen LogP) is 2.63. The number of hydrogen-bond acceptors (Lipinski definition) is 10. The van der Waals surface area contributed by atoms with E-state index in [2.05, 4.69) is 35.6 Å². The molecule has 9 atom stereocenters. The fourth-order valence-corrected chi connectivity index (χ4v) is 7.52. The van der Waals surface area contributed by atoms with Gasteiger partial charge in [0.2, 0.25) is 0 Å². The van der Waals surface area contributed by atoms with E-state index in [1.807, 2.05) is 27.9 Å². The molecule has 0 radical (unpaired) electrons. The molecule has 4 saturated heterocycles. The van der Waals surface area contributed by atoms with E-state index < -0.39 is 35.5 Å². The Morgan fingerprint density at radius 2 is 1.76 bits per heavy atom.